The van der Waals surface area contributed by atoms with Crippen molar-refractivity contribution in [3.63, 3.8) is 0 Å². The number of halogens is 1. The summed E-state index contributed by atoms with van der Waals surface area (Å²) < 4.78 is 5.63. The molecule has 4 heteroatoms. The maximum Gasteiger partial charge on any atom is 0.302 e. The van der Waals surface area contributed by atoms with Crippen LogP contribution in [0.5, 0.6) is 0 Å². The summed E-state index contributed by atoms with van der Waals surface area (Å²) in [5.74, 6) is -0.297. The van der Waals surface area contributed by atoms with Crippen molar-refractivity contribution in [2.24, 2.45) is 0 Å². The molecule has 0 radical (unpaired) electrons. The Kier molecular flexibility index (Phi) is 3.31. The first-order valence-corrected chi connectivity index (χ1v) is 4.57. The fraction of sp³-hybridized carbons (Fsp3) is 0.222. The number of carbonyl (C=O) groups is 1. The van der Waals surface area contributed by atoms with Gasteiger partial charge in [-0.25, -0.2) is 0 Å². The van der Waals surface area contributed by atoms with Crippen molar-refractivity contribution >= 4 is 27.6 Å². The number of hydrogen-bond acceptors (Lipinski definition) is 3. The van der Waals surface area contributed by atoms with Gasteiger partial charge in [0.15, 0.2) is 0 Å². The molecule has 70 valence electrons. The van der Waals surface area contributed by atoms with Crippen LogP contribution in [0, 0.1) is 0 Å². The van der Waals surface area contributed by atoms with Gasteiger partial charge in [-0.2, -0.15) is 0 Å². The molecule has 0 fully saturated rings. The van der Waals surface area contributed by atoms with Crippen LogP contribution < -0.4 is 5.73 Å². The zero-order valence-corrected chi connectivity index (χ0v) is 8.80. The molecule has 0 spiro atoms. The summed E-state index contributed by atoms with van der Waals surface area (Å²) in [5, 5.41) is 0. The van der Waals surface area contributed by atoms with Gasteiger partial charge in [-0.15, -0.1) is 0 Å². The number of nitrogens with two attached hydrogens (primary N) is 1. The van der Waals surface area contributed by atoms with Crippen molar-refractivity contribution < 1.29 is 9.53 Å². The standard InChI is InChI=1S/C9H10BrNO2/c1-6(12)13-5-7-3-2-4-8(11)9(7)10/h2-4H,5,11H2,1H3. The second-order valence-electron chi connectivity index (χ2n) is 2.60. The third kappa shape index (κ3) is 2.73. The Morgan fingerprint density at radius 3 is 2.92 bits per heavy atom. The minimum absolute atomic E-state index is 0.251. The van der Waals surface area contributed by atoms with Gasteiger partial charge in [-0.1, -0.05) is 12.1 Å². The second-order valence-corrected chi connectivity index (χ2v) is 3.39. The van der Waals surface area contributed by atoms with Crippen LogP contribution >= 0.6 is 15.9 Å². The largest absolute Gasteiger partial charge is 0.461 e. The maximum absolute atomic E-state index is 10.5. The molecule has 0 aliphatic heterocycles. The smallest absolute Gasteiger partial charge is 0.302 e. The average Bonchev–Trinajstić information content (AvgIpc) is 2.07. The van der Waals surface area contributed by atoms with Crippen LogP contribution in [0.1, 0.15) is 12.5 Å². The molecule has 0 aliphatic carbocycles. The molecule has 0 bridgehead atoms. The number of esters is 1. The van der Waals surface area contributed by atoms with E-state index in [1.165, 1.54) is 6.92 Å². The van der Waals surface area contributed by atoms with Gasteiger partial charge in [-0.05, 0) is 22.0 Å². The lowest BCUT2D eigenvalue weighted by atomic mass is 10.2. The summed E-state index contributed by atoms with van der Waals surface area (Å²) in [5.41, 5.74) is 7.15. The Bertz CT molecular complexity index is 325. The molecule has 0 saturated carbocycles. The number of carbonyl (C=O) groups excluding carboxylic acids is 1. The first kappa shape index (κ1) is 10.1. The molecule has 1 aromatic rings. The summed E-state index contributed by atoms with van der Waals surface area (Å²) in [6, 6.07) is 5.45. The van der Waals surface area contributed by atoms with Crippen molar-refractivity contribution in [1.82, 2.24) is 0 Å². The molecular weight excluding hydrogens is 234 g/mol. The summed E-state index contributed by atoms with van der Waals surface area (Å²) in [6.07, 6.45) is 0. The molecule has 0 unspecified atom stereocenters. The van der Waals surface area contributed by atoms with Crippen LogP contribution in [-0.4, -0.2) is 5.97 Å². The van der Waals surface area contributed by atoms with Crippen molar-refractivity contribution in [1.29, 1.82) is 0 Å². The maximum atomic E-state index is 10.5. The average molecular weight is 244 g/mol. The van der Waals surface area contributed by atoms with E-state index in [1.54, 1.807) is 6.07 Å². The monoisotopic (exact) mass is 243 g/mol. The van der Waals surface area contributed by atoms with Gasteiger partial charge in [0.05, 0.1) is 0 Å². The highest BCUT2D eigenvalue weighted by molar-refractivity contribution is 9.10. The van der Waals surface area contributed by atoms with Crippen LogP contribution in [0.25, 0.3) is 0 Å². The summed E-state index contributed by atoms with van der Waals surface area (Å²) in [7, 11) is 0. The zero-order valence-electron chi connectivity index (χ0n) is 7.21. The Morgan fingerprint density at radius 1 is 1.62 bits per heavy atom. The molecule has 0 aliphatic rings. The Morgan fingerprint density at radius 2 is 2.31 bits per heavy atom. The Hall–Kier alpha value is -1.03. The van der Waals surface area contributed by atoms with E-state index >= 15 is 0 Å². The number of nitrogen functional groups attached to an aromatic ring is 1. The van der Waals surface area contributed by atoms with Crippen molar-refractivity contribution in [2.75, 3.05) is 5.73 Å². The molecular formula is C9H10BrNO2. The van der Waals surface area contributed by atoms with Crippen molar-refractivity contribution in [2.45, 2.75) is 13.5 Å². The van der Waals surface area contributed by atoms with Crippen LogP contribution in [0.2, 0.25) is 0 Å². The molecule has 0 amide bonds. The highest BCUT2D eigenvalue weighted by Gasteiger charge is 2.03. The fourth-order valence-corrected chi connectivity index (χ4v) is 1.27. The first-order chi connectivity index (χ1) is 6.11. The molecule has 0 saturated heterocycles. The Balaban J connectivity index is 2.77. The fourth-order valence-electron chi connectivity index (χ4n) is 0.891. The van der Waals surface area contributed by atoms with E-state index in [2.05, 4.69) is 15.9 Å². The quantitative estimate of drug-likeness (QED) is 0.640. The molecule has 13 heavy (non-hydrogen) atoms. The van der Waals surface area contributed by atoms with E-state index < -0.39 is 0 Å². The van der Waals surface area contributed by atoms with Gasteiger partial charge in [0.2, 0.25) is 0 Å². The highest BCUT2D eigenvalue weighted by atomic mass is 79.9. The number of hydrogen-bond donors (Lipinski definition) is 1. The summed E-state index contributed by atoms with van der Waals surface area (Å²) in [6.45, 7) is 1.63. The van der Waals surface area contributed by atoms with E-state index in [4.69, 9.17) is 10.5 Å². The predicted octanol–water partition coefficient (Wildman–Crippen LogP) is 2.09. The van der Waals surface area contributed by atoms with E-state index in [1.807, 2.05) is 12.1 Å². The second kappa shape index (κ2) is 4.28. The van der Waals surface area contributed by atoms with Gasteiger partial charge in [0.1, 0.15) is 6.61 Å². The van der Waals surface area contributed by atoms with Gasteiger partial charge in [-0.3, -0.25) is 4.79 Å². The van der Waals surface area contributed by atoms with Crippen molar-refractivity contribution in [3.8, 4) is 0 Å². The zero-order chi connectivity index (χ0) is 9.84. The molecule has 0 heterocycles. The van der Waals surface area contributed by atoms with E-state index in [0.29, 0.717) is 5.69 Å². The van der Waals surface area contributed by atoms with Crippen LogP contribution in [-0.2, 0) is 16.1 Å². The SMILES string of the molecule is CC(=O)OCc1cccc(N)c1Br. The Labute approximate surface area is 85.0 Å². The number of anilines is 1. The third-order valence-electron chi connectivity index (χ3n) is 1.54. The van der Waals surface area contributed by atoms with Gasteiger partial charge in [0, 0.05) is 22.6 Å². The molecule has 0 aromatic heterocycles. The van der Waals surface area contributed by atoms with Crippen molar-refractivity contribution in [3.05, 3.63) is 28.2 Å². The van der Waals surface area contributed by atoms with Gasteiger partial charge >= 0.3 is 5.97 Å². The lowest BCUT2D eigenvalue weighted by Gasteiger charge is -2.06. The number of ether oxygens (including phenoxy) is 1. The molecule has 0 atom stereocenters. The van der Waals surface area contributed by atoms with Gasteiger partial charge < -0.3 is 10.5 Å². The molecule has 3 nitrogen and oxygen atoms in total. The van der Waals surface area contributed by atoms with E-state index in [0.717, 1.165) is 10.0 Å². The lowest BCUT2D eigenvalue weighted by molar-refractivity contribution is -0.142. The number of rotatable bonds is 2. The summed E-state index contributed by atoms with van der Waals surface area (Å²) >= 11 is 3.31. The minimum Gasteiger partial charge on any atom is -0.461 e. The van der Waals surface area contributed by atoms with E-state index in [9.17, 15) is 4.79 Å². The molecule has 1 rings (SSSR count). The molecule has 1 aromatic carbocycles. The summed E-state index contributed by atoms with van der Waals surface area (Å²) in [4.78, 5) is 10.5. The topological polar surface area (TPSA) is 52.3 Å². The lowest BCUT2D eigenvalue weighted by Crippen LogP contribution is -2.00. The van der Waals surface area contributed by atoms with Crippen LogP contribution in [0.15, 0.2) is 22.7 Å². The first-order valence-electron chi connectivity index (χ1n) is 3.77. The molecule has 2 N–H and O–H groups in total. The van der Waals surface area contributed by atoms with E-state index in [-0.39, 0.29) is 12.6 Å². The highest BCUT2D eigenvalue weighted by Crippen LogP contribution is 2.24. The van der Waals surface area contributed by atoms with Crippen LogP contribution in [0.3, 0.4) is 0 Å². The van der Waals surface area contributed by atoms with Gasteiger partial charge in [0.25, 0.3) is 0 Å². The third-order valence-corrected chi connectivity index (χ3v) is 2.51. The minimum atomic E-state index is -0.297. The number of benzene rings is 1. The predicted molar refractivity (Wildman–Crippen MR) is 54.0 cm³/mol. The normalized spacial score (nSPS) is 9.69. The van der Waals surface area contributed by atoms with Crippen LogP contribution in [0.4, 0.5) is 5.69 Å².